The van der Waals surface area contributed by atoms with E-state index in [1.165, 1.54) is 5.56 Å². The summed E-state index contributed by atoms with van der Waals surface area (Å²) in [7, 11) is 0. The van der Waals surface area contributed by atoms with E-state index in [2.05, 4.69) is 42.2 Å². The van der Waals surface area contributed by atoms with Crippen LogP contribution >= 0.6 is 0 Å². The summed E-state index contributed by atoms with van der Waals surface area (Å²) >= 11 is 0. The number of ether oxygens (including phenoxy) is 1. The quantitative estimate of drug-likeness (QED) is 0.697. The third-order valence-electron chi connectivity index (χ3n) is 4.86. The summed E-state index contributed by atoms with van der Waals surface area (Å²) in [6.07, 6.45) is 0. The molecule has 0 radical (unpaired) electrons. The number of anilines is 1. The predicted octanol–water partition coefficient (Wildman–Crippen LogP) is 4.43. The molecule has 0 N–H and O–H groups in total. The van der Waals surface area contributed by atoms with Crippen LogP contribution in [0.3, 0.4) is 0 Å². The number of nitriles is 1. The molecule has 0 unspecified atom stereocenters. The summed E-state index contributed by atoms with van der Waals surface area (Å²) in [5.74, 6) is 0. The van der Waals surface area contributed by atoms with Crippen molar-refractivity contribution in [2.45, 2.75) is 6.92 Å². The normalized spacial score (nSPS) is 14.0. The Morgan fingerprint density at radius 2 is 1.67 bits per heavy atom. The first-order chi connectivity index (χ1) is 13.3. The lowest BCUT2D eigenvalue weighted by molar-refractivity contribution is 0.122. The molecule has 1 saturated heterocycles. The number of aryl methyl sites for hydroxylation is 1. The monoisotopic (exact) mass is 355 g/mol. The van der Waals surface area contributed by atoms with Crippen molar-refractivity contribution >= 4 is 5.69 Å². The van der Waals surface area contributed by atoms with Crippen LogP contribution in [0.5, 0.6) is 0 Å². The Balaban J connectivity index is 1.92. The van der Waals surface area contributed by atoms with Crippen LogP contribution < -0.4 is 4.90 Å². The molecule has 134 valence electrons. The molecule has 4 nitrogen and oxygen atoms in total. The zero-order valence-electron chi connectivity index (χ0n) is 15.4. The fourth-order valence-corrected chi connectivity index (χ4v) is 3.37. The number of hydrogen-bond acceptors (Lipinski definition) is 4. The van der Waals surface area contributed by atoms with Crippen molar-refractivity contribution in [3.63, 3.8) is 0 Å². The van der Waals surface area contributed by atoms with Crippen molar-refractivity contribution in [2.75, 3.05) is 31.2 Å². The Morgan fingerprint density at radius 3 is 2.33 bits per heavy atom. The predicted molar refractivity (Wildman–Crippen MR) is 108 cm³/mol. The van der Waals surface area contributed by atoms with Crippen LogP contribution in [0.25, 0.3) is 22.5 Å². The maximum Gasteiger partial charge on any atom is 0.104 e. The van der Waals surface area contributed by atoms with E-state index in [9.17, 15) is 5.26 Å². The van der Waals surface area contributed by atoms with Crippen molar-refractivity contribution in [1.82, 2.24) is 4.98 Å². The SMILES string of the molecule is Cc1ccc(-c2cc(N3CCOCC3)c(C#N)c(-c3ccccc3)n2)cc1. The van der Waals surface area contributed by atoms with E-state index < -0.39 is 0 Å². The van der Waals surface area contributed by atoms with E-state index in [1.807, 2.05) is 36.4 Å². The molecule has 0 bridgehead atoms. The van der Waals surface area contributed by atoms with Gasteiger partial charge >= 0.3 is 0 Å². The first-order valence-electron chi connectivity index (χ1n) is 9.16. The minimum absolute atomic E-state index is 0.624. The fourth-order valence-electron chi connectivity index (χ4n) is 3.37. The van der Waals surface area contributed by atoms with Crippen LogP contribution in [0, 0.1) is 18.3 Å². The number of pyridine rings is 1. The third-order valence-corrected chi connectivity index (χ3v) is 4.86. The standard InChI is InChI=1S/C23H21N3O/c1-17-7-9-18(10-8-17)21-15-22(26-11-13-27-14-12-26)20(16-24)23(25-21)19-5-3-2-4-6-19/h2-10,15H,11-14H2,1H3. The molecule has 1 aromatic heterocycles. The van der Waals surface area contributed by atoms with Gasteiger partial charge in [-0.3, -0.25) is 0 Å². The van der Waals surface area contributed by atoms with Gasteiger partial charge in [-0.1, -0.05) is 60.2 Å². The zero-order chi connectivity index (χ0) is 18.6. The number of morpholine rings is 1. The van der Waals surface area contributed by atoms with Gasteiger partial charge in [-0.25, -0.2) is 4.98 Å². The second-order valence-corrected chi connectivity index (χ2v) is 6.69. The average Bonchev–Trinajstić information content (AvgIpc) is 2.74. The summed E-state index contributed by atoms with van der Waals surface area (Å²) in [6.45, 7) is 4.98. The van der Waals surface area contributed by atoms with Crippen molar-refractivity contribution < 1.29 is 4.74 Å². The van der Waals surface area contributed by atoms with Crippen LogP contribution in [-0.2, 0) is 4.74 Å². The number of hydrogen-bond donors (Lipinski definition) is 0. The Hall–Kier alpha value is -3.16. The molecule has 1 fully saturated rings. The number of aromatic nitrogens is 1. The first kappa shape index (κ1) is 17.3. The Morgan fingerprint density at radius 1 is 0.963 bits per heavy atom. The van der Waals surface area contributed by atoms with Crippen LogP contribution in [0.4, 0.5) is 5.69 Å². The van der Waals surface area contributed by atoms with Crippen LogP contribution in [0.2, 0.25) is 0 Å². The number of nitrogens with zero attached hydrogens (tertiary/aromatic N) is 3. The summed E-state index contributed by atoms with van der Waals surface area (Å²) < 4.78 is 5.50. The molecule has 2 heterocycles. The van der Waals surface area contributed by atoms with E-state index >= 15 is 0 Å². The highest BCUT2D eigenvalue weighted by atomic mass is 16.5. The van der Waals surface area contributed by atoms with Crippen molar-refractivity contribution in [1.29, 1.82) is 5.26 Å². The highest BCUT2D eigenvalue weighted by molar-refractivity contribution is 5.80. The highest BCUT2D eigenvalue weighted by Crippen LogP contribution is 2.34. The Labute approximate surface area is 159 Å². The lowest BCUT2D eigenvalue weighted by Crippen LogP contribution is -2.36. The molecular weight excluding hydrogens is 334 g/mol. The third kappa shape index (κ3) is 3.55. The van der Waals surface area contributed by atoms with E-state index in [1.54, 1.807) is 0 Å². The molecule has 0 aliphatic carbocycles. The maximum atomic E-state index is 9.94. The highest BCUT2D eigenvalue weighted by Gasteiger charge is 2.21. The molecule has 4 rings (SSSR count). The molecule has 3 aromatic rings. The molecule has 27 heavy (non-hydrogen) atoms. The molecule has 1 aliphatic heterocycles. The van der Waals surface area contributed by atoms with Crippen molar-refractivity contribution in [3.8, 4) is 28.6 Å². The fraction of sp³-hybridized carbons (Fsp3) is 0.217. The molecule has 0 amide bonds. The summed E-state index contributed by atoms with van der Waals surface area (Å²) in [5, 5.41) is 9.94. The minimum atomic E-state index is 0.624. The second-order valence-electron chi connectivity index (χ2n) is 6.69. The Kier molecular flexibility index (Phi) is 4.86. The van der Waals surface area contributed by atoms with Gasteiger partial charge in [-0.2, -0.15) is 5.26 Å². The van der Waals surface area contributed by atoms with Crippen LogP contribution in [-0.4, -0.2) is 31.3 Å². The van der Waals surface area contributed by atoms with Gasteiger partial charge in [0.15, 0.2) is 0 Å². The minimum Gasteiger partial charge on any atom is -0.378 e. The number of rotatable bonds is 3. The smallest absolute Gasteiger partial charge is 0.104 e. The molecule has 4 heteroatoms. The van der Waals surface area contributed by atoms with Crippen LogP contribution in [0.1, 0.15) is 11.1 Å². The zero-order valence-corrected chi connectivity index (χ0v) is 15.4. The van der Waals surface area contributed by atoms with E-state index in [-0.39, 0.29) is 0 Å². The molecule has 1 aliphatic rings. The Bertz CT molecular complexity index is 969. The first-order valence-corrected chi connectivity index (χ1v) is 9.16. The largest absolute Gasteiger partial charge is 0.378 e. The van der Waals surface area contributed by atoms with Gasteiger partial charge in [0, 0.05) is 24.2 Å². The molecule has 0 spiro atoms. The lowest BCUT2D eigenvalue weighted by Gasteiger charge is -2.30. The summed E-state index contributed by atoms with van der Waals surface area (Å²) in [4.78, 5) is 7.12. The molecule has 0 atom stereocenters. The second kappa shape index (κ2) is 7.61. The maximum absolute atomic E-state index is 9.94. The van der Waals surface area contributed by atoms with Gasteiger partial charge in [0.2, 0.25) is 0 Å². The van der Waals surface area contributed by atoms with Gasteiger partial charge in [0.25, 0.3) is 0 Å². The van der Waals surface area contributed by atoms with Gasteiger partial charge in [-0.15, -0.1) is 0 Å². The molecule has 2 aromatic carbocycles. The van der Waals surface area contributed by atoms with Crippen LogP contribution in [0.15, 0.2) is 60.7 Å². The van der Waals surface area contributed by atoms with Crippen molar-refractivity contribution in [3.05, 3.63) is 71.8 Å². The van der Waals surface area contributed by atoms with E-state index in [4.69, 9.17) is 9.72 Å². The van der Waals surface area contributed by atoms with Crippen molar-refractivity contribution in [2.24, 2.45) is 0 Å². The topological polar surface area (TPSA) is 49.1 Å². The average molecular weight is 355 g/mol. The molecule has 0 saturated carbocycles. The lowest BCUT2D eigenvalue weighted by atomic mass is 10.0. The molecular formula is C23H21N3O. The van der Waals surface area contributed by atoms with Gasteiger partial charge < -0.3 is 9.64 Å². The number of benzene rings is 2. The summed E-state index contributed by atoms with van der Waals surface area (Å²) in [5.41, 5.74) is 6.40. The van der Waals surface area contributed by atoms with Gasteiger partial charge in [0.05, 0.1) is 30.3 Å². The van der Waals surface area contributed by atoms with Gasteiger partial charge in [0.1, 0.15) is 11.6 Å². The van der Waals surface area contributed by atoms with E-state index in [0.717, 1.165) is 41.3 Å². The summed E-state index contributed by atoms with van der Waals surface area (Å²) in [6, 6.07) is 22.7. The van der Waals surface area contributed by atoms with E-state index in [0.29, 0.717) is 18.8 Å². The van der Waals surface area contributed by atoms with Gasteiger partial charge in [-0.05, 0) is 13.0 Å².